The van der Waals surface area contributed by atoms with Crippen molar-refractivity contribution in [3.63, 3.8) is 0 Å². The van der Waals surface area contributed by atoms with Crippen molar-refractivity contribution < 1.29 is 22.7 Å². The molecule has 0 atom stereocenters. The third kappa shape index (κ3) is 8.14. The summed E-state index contributed by atoms with van der Waals surface area (Å²) in [6.07, 6.45) is 4.96. The number of benzene rings is 2. The van der Waals surface area contributed by atoms with Gasteiger partial charge in [-0.1, -0.05) is 52.3 Å². The smallest absolute Gasteiger partial charge is 0.299 e. The van der Waals surface area contributed by atoms with Crippen molar-refractivity contribution in [3.05, 3.63) is 93.8 Å². The lowest BCUT2D eigenvalue weighted by Gasteiger charge is -2.11. The number of ether oxygens (including phenoxy) is 1. The van der Waals surface area contributed by atoms with E-state index in [9.17, 15) is 18.0 Å². The summed E-state index contributed by atoms with van der Waals surface area (Å²) < 4.78 is 30.8. The van der Waals surface area contributed by atoms with E-state index in [4.69, 9.17) is 9.88 Å². The molecule has 2 amide bonds. The van der Waals surface area contributed by atoms with E-state index in [2.05, 4.69) is 21.2 Å². The molecule has 0 aliphatic rings. The molecule has 0 aromatic heterocycles. The zero-order chi connectivity index (χ0) is 23.7. The Labute approximate surface area is 195 Å². The Kier molecular flexibility index (Phi) is 8.94. The molecule has 0 radical (unpaired) electrons. The van der Waals surface area contributed by atoms with Crippen LogP contribution < -0.4 is 19.9 Å². The number of carbonyl (C=O) groups excluding carboxylic acids is 2. The number of rotatable bonds is 8. The molecule has 0 heterocycles. The maximum Gasteiger partial charge on any atom is 0.299 e. The SMILES string of the molecule is CC=CC(Oc1ccc(C=C(NC(=O)c2ccccc2)C(=O)NS(N)(=O)=O)cc1)=C(C)Br. The first-order chi connectivity index (χ1) is 15.1. The summed E-state index contributed by atoms with van der Waals surface area (Å²) >= 11 is 3.38. The molecule has 168 valence electrons. The van der Waals surface area contributed by atoms with Gasteiger partial charge in [0.05, 0.1) is 0 Å². The van der Waals surface area contributed by atoms with Gasteiger partial charge in [-0.2, -0.15) is 8.42 Å². The first-order valence-electron chi connectivity index (χ1n) is 9.29. The first kappa shape index (κ1) is 25.1. The van der Waals surface area contributed by atoms with Crippen molar-refractivity contribution in [1.29, 1.82) is 0 Å². The molecule has 8 nitrogen and oxygen atoms in total. The number of allylic oxidation sites excluding steroid dienone is 3. The highest BCUT2D eigenvalue weighted by molar-refractivity contribution is 9.11. The number of amides is 2. The molecule has 0 aliphatic carbocycles. The van der Waals surface area contributed by atoms with E-state index in [1.54, 1.807) is 65.4 Å². The molecule has 0 saturated heterocycles. The Balaban J connectivity index is 2.32. The van der Waals surface area contributed by atoms with E-state index < -0.39 is 22.0 Å². The Morgan fingerprint density at radius 1 is 1.06 bits per heavy atom. The summed E-state index contributed by atoms with van der Waals surface area (Å²) in [5, 5.41) is 7.31. The molecule has 0 fully saturated rings. The van der Waals surface area contributed by atoms with Crippen LogP contribution in [0.2, 0.25) is 0 Å². The molecule has 2 aromatic rings. The van der Waals surface area contributed by atoms with Gasteiger partial charge in [0.1, 0.15) is 17.2 Å². The zero-order valence-electron chi connectivity index (χ0n) is 17.3. The van der Waals surface area contributed by atoms with Crippen molar-refractivity contribution >= 4 is 44.0 Å². The average molecular weight is 520 g/mol. The third-order valence-corrected chi connectivity index (χ3v) is 4.70. The third-order valence-electron chi connectivity index (χ3n) is 3.84. The fourth-order valence-electron chi connectivity index (χ4n) is 2.42. The van der Waals surface area contributed by atoms with Gasteiger partial charge in [0.25, 0.3) is 22.0 Å². The highest BCUT2D eigenvalue weighted by atomic mass is 79.9. The molecule has 0 aliphatic heterocycles. The summed E-state index contributed by atoms with van der Waals surface area (Å²) in [6.45, 7) is 3.71. The highest BCUT2D eigenvalue weighted by Crippen LogP contribution is 2.21. The van der Waals surface area contributed by atoms with Crippen LogP contribution in [0.4, 0.5) is 0 Å². The van der Waals surface area contributed by atoms with Crippen LogP contribution in [0.25, 0.3) is 6.08 Å². The lowest BCUT2D eigenvalue weighted by Crippen LogP contribution is -2.41. The zero-order valence-corrected chi connectivity index (χ0v) is 19.7. The van der Waals surface area contributed by atoms with Crippen molar-refractivity contribution in [2.24, 2.45) is 5.14 Å². The van der Waals surface area contributed by atoms with Crippen LogP contribution in [0.1, 0.15) is 29.8 Å². The van der Waals surface area contributed by atoms with Gasteiger partial charge in [-0.3, -0.25) is 9.59 Å². The van der Waals surface area contributed by atoms with E-state index >= 15 is 0 Å². The topological polar surface area (TPSA) is 128 Å². The highest BCUT2D eigenvalue weighted by Gasteiger charge is 2.18. The van der Waals surface area contributed by atoms with Crippen LogP contribution in [-0.2, 0) is 15.0 Å². The predicted molar refractivity (Wildman–Crippen MR) is 127 cm³/mol. The van der Waals surface area contributed by atoms with Crippen molar-refractivity contribution in [1.82, 2.24) is 10.0 Å². The first-order valence-corrected chi connectivity index (χ1v) is 11.6. The second-order valence-corrected chi connectivity index (χ2v) is 8.91. The molecular formula is C22H22BrN3O5S. The van der Waals surface area contributed by atoms with Gasteiger partial charge < -0.3 is 10.1 Å². The van der Waals surface area contributed by atoms with Crippen LogP contribution in [0, 0.1) is 0 Å². The van der Waals surface area contributed by atoms with Crippen molar-refractivity contribution in [2.45, 2.75) is 13.8 Å². The van der Waals surface area contributed by atoms with E-state index in [0.717, 1.165) is 4.48 Å². The molecular weight excluding hydrogens is 498 g/mol. The Morgan fingerprint density at radius 3 is 2.22 bits per heavy atom. The molecule has 2 rings (SSSR count). The van der Waals surface area contributed by atoms with E-state index in [1.807, 2.05) is 19.9 Å². The fourth-order valence-corrected chi connectivity index (χ4v) is 3.00. The molecule has 0 saturated carbocycles. The maximum absolute atomic E-state index is 12.5. The number of nitrogens with one attached hydrogen (secondary N) is 2. The molecule has 4 N–H and O–H groups in total. The molecule has 0 spiro atoms. The Bertz CT molecular complexity index is 1170. The van der Waals surface area contributed by atoms with E-state index in [1.165, 1.54) is 6.08 Å². The normalized spacial score (nSPS) is 12.8. The van der Waals surface area contributed by atoms with Crippen LogP contribution in [-0.4, -0.2) is 20.2 Å². The van der Waals surface area contributed by atoms with Gasteiger partial charge in [-0.15, -0.1) is 0 Å². The number of hydrogen-bond donors (Lipinski definition) is 3. The van der Waals surface area contributed by atoms with Crippen LogP contribution >= 0.6 is 15.9 Å². The molecule has 0 bridgehead atoms. The van der Waals surface area contributed by atoms with Gasteiger partial charge in [0, 0.05) is 10.0 Å². The van der Waals surface area contributed by atoms with Gasteiger partial charge >= 0.3 is 0 Å². The minimum absolute atomic E-state index is 0.291. The number of carbonyl (C=O) groups is 2. The summed E-state index contributed by atoms with van der Waals surface area (Å²) in [5.41, 5.74) is 0.503. The Hall–Kier alpha value is -3.21. The van der Waals surface area contributed by atoms with Crippen LogP contribution in [0.5, 0.6) is 5.75 Å². The monoisotopic (exact) mass is 519 g/mol. The number of nitrogens with two attached hydrogens (primary N) is 1. The van der Waals surface area contributed by atoms with E-state index in [0.29, 0.717) is 22.6 Å². The lowest BCUT2D eigenvalue weighted by molar-refractivity contribution is -0.116. The molecule has 0 unspecified atom stereocenters. The minimum atomic E-state index is -4.32. The molecule has 2 aromatic carbocycles. The predicted octanol–water partition coefficient (Wildman–Crippen LogP) is 3.36. The van der Waals surface area contributed by atoms with Crippen LogP contribution in [0.15, 0.2) is 82.7 Å². The fraction of sp³-hybridized carbons (Fsp3) is 0.0909. The second kappa shape index (κ2) is 11.4. The second-order valence-electron chi connectivity index (χ2n) is 6.42. The van der Waals surface area contributed by atoms with Gasteiger partial charge in [0.2, 0.25) is 0 Å². The van der Waals surface area contributed by atoms with Gasteiger partial charge in [-0.05, 0) is 55.8 Å². The minimum Gasteiger partial charge on any atom is -0.457 e. The summed E-state index contributed by atoms with van der Waals surface area (Å²) in [6, 6.07) is 14.8. The van der Waals surface area contributed by atoms with Crippen molar-refractivity contribution in [2.75, 3.05) is 0 Å². The summed E-state index contributed by atoms with van der Waals surface area (Å²) in [4.78, 5) is 24.9. The average Bonchev–Trinajstić information content (AvgIpc) is 2.73. The molecule has 32 heavy (non-hydrogen) atoms. The standard InChI is InChI=1S/C22H22BrN3O5S/c1-3-7-20(15(2)23)31-18-12-10-16(11-13-18)14-19(22(28)26-32(24,29)30)25-21(27)17-8-5-4-6-9-17/h3-14H,1-2H3,(H,25,27)(H,26,28)(H2,24,29,30). The van der Waals surface area contributed by atoms with Gasteiger partial charge in [-0.25, -0.2) is 9.86 Å². The summed E-state index contributed by atoms with van der Waals surface area (Å²) in [7, 11) is -4.32. The van der Waals surface area contributed by atoms with Gasteiger partial charge in [0.15, 0.2) is 0 Å². The molecule has 10 heteroatoms. The quantitative estimate of drug-likeness (QED) is 0.280. The number of halogens is 1. The maximum atomic E-state index is 12.5. The summed E-state index contributed by atoms with van der Waals surface area (Å²) in [5.74, 6) is -0.502. The largest absolute Gasteiger partial charge is 0.457 e. The van der Waals surface area contributed by atoms with Crippen molar-refractivity contribution in [3.8, 4) is 5.75 Å². The van der Waals surface area contributed by atoms with E-state index in [-0.39, 0.29) is 5.70 Å². The lowest BCUT2D eigenvalue weighted by atomic mass is 10.1. The Morgan fingerprint density at radius 2 is 1.69 bits per heavy atom. The number of hydrogen-bond acceptors (Lipinski definition) is 5. The van der Waals surface area contributed by atoms with Crippen LogP contribution in [0.3, 0.4) is 0 Å².